The van der Waals surface area contributed by atoms with E-state index in [1.54, 1.807) is 34.1 Å². The molecule has 0 spiro atoms. The number of primary amides is 1. The van der Waals surface area contributed by atoms with E-state index in [0.29, 0.717) is 19.4 Å². The Kier molecular flexibility index (Phi) is 8.99. The first-order valence-electron chi connectivity index (χ1n) is 14.1. The largest absolute Gasteiger partial charge is 0.457 e. The lowest BCUT2D eigenvalue weighted by Gasteiger charge is -2.46. The number of esters is 1. The van der Waals surface area contributed by atoms with Crippen LogP contribution < -0.4 is 10.3 Å². The van der Waals surface area contributed by atoms with Gasteiger partial charge in [0.1, 0.15) is 31.3 Å². The van der Waals surface area contributed by atoms with E-state index in [4.69, 9.17) is 15.2 Å². The summed E-state index contributed by atoms with van der Waals surface area (Å²) in [5.41, 5.74) is 5.53. The summed E-state index contributed by atoms with van der Waals surface area (Å²) < 4.78 is 14.4. The van der Waals surface area contributed by atoms with Gasteiger partial charge in [0.15, 0.2) is 6.54 Å². The maximum Gasteiger partial charge on any atom is 0.410 e. The molecule has 0 bridgehead atoms. The molecule has 2 fully saturated rings. The number of nitrogens with zero attached hydrogens (tertiary/aromatic N) is 4. The summed E-state index contributed by atoms with van der Waals surface area (Å²) in [6.07, 6.45) is 8.55. The Labute approximate surface area is 257 Å². The second-order valence-electron chi connectivity index (χ2n) is 11.0. The predicted octanol–water partition coefficient (Wildman–Crippen LogP) is 1.61. The summed E-state index contributed by atoms with van der Waals surface area (Å²) in [6.45, 7) is 11.4. The maximum atomic E-state index is 13.2. The minimum absolute atomic E-state index is 0.00750. The molecule has 43 heavy (non-hydrogen) atoms. The lowest BCUT2D eigenvalue weighted by Crippen LogP contribution is -2.63. The Morgan fingerprint density at radius 1 is 1.28 bits per heavy atom. The van der Waals surface area contributed by atoms with Crippen molar-refractivity contribution in [3.8, 4) is 0 Å². The summed E-state index contributed by atoms with van der Waals surface area (Å²) in [7, 11) is 0. The molecule has 5 rings (SSSR count). The topological polar surface area (TPSA) is 148 Å². The van der Waals surface area contributed by atoms with E-state index in [1.165, 1.54) is 28.8 Å². The molecule has 3 N–H and O–H groups in total. The van der Waals surface area contributed by atoms with Gasteiger partial charge in [0, 0.05) is 35.1 Å². The number of carbonyl (C=O) groups excluding carboxylic acids is 4. The van der Waals surface area contributed by atoms with Crippen LogP contribution in [-0.4, -0.2) is 86.4 Å². The van der Waals surface area contributed by atoms with Gasteiger partial charge in [0.25, 0.3) is 5.91 Å². The van der Waals surface area contributed by atoms with Crippen molar-refractivity contribution < 1.29 is 38.3 Å². The average Bonchev–Trinajstić information content (AvgIpc) is 3.67. The SMILES string of the molecule is C=CCOC(=O)C1=C(S[C@H]2C[C@@H](Cc3cn4c[n+](CC(N)=O)cc4s3)N(C(=O)OCC=C)C2)[C@H](C)[C@@H]2[C@@H]([C@@H](C)O)C(=O)N12. The summed E-state index contributed by atoms with van der Waals surface area (Å²) in [4.78, 5) is 56.5. The molecule has 0 saturated carbocycles. The number of thioether (sulfide) groups is 1. The molecule has 2 aromatic heterocycles. The van der Waals surface area contributed by atoms with Gasteiger partial charge in [-0.05, 0) is 13.3 Å². The highest BCUT2D eigenvalue weighted by molar-refractivity contribution is 8.03. The van der Waals surface area contributed by atoms with Gasteiger partial charge >= 0.3 is 12.1 Å². The number of hydrogen-bond donors (Lipinski definition) is 2. The lowest BCUT2D eigenvalue weighted by molar-refractivity contribution is -0.682. The van der Waals surface area contributed by atoms with Crippen LogP contribution >= 0.6 is 23.1 Å². The number of aliphatic hydroxyl groups excluding tert-OH is 1. The Bertz CT molecular complexity index is 1470. The van der Waals surface area contributed by atoms with Crippen molar-refractivity contribution in [3.63, 3.8) is 0 Å². The average molecular weight is 631 g/mol. The maximum absolute atomic E-state index is 13.2. The van der Waals surface area contributed by atoms with E-state index >= 15 is 0 Å². The lowest BCUT2D eigenvalue weighted by atomic mass is 9.79. The minimum Gasteiger partial charge on any atom is -0.457 e. The highest BCUT2D eigenvalue weighted by Gasteiger charge is 2.60. The number of aromatic nitrogens is 2. The quantitative estimate of drug-likeness (QED) is 0.156. The molecular formula is C29H36N5O7S2+. The smallest absolute Gasteiger partial charge is 0.410 e. The Morgan fingerprint density at radius 3 is 2.65 bits per heavy atom. The van der Waals surface area contributed by atoms with Crippen molar-refractivity contribution in [2.75, 3.05) is 19.8 Å². The number of amides is 3. The molecule has 3 aliphatic rings. The number of rotatable bonds is 12. The standard InChI is InChI=1S/C29H35N5O7S2/c1-5-7-40-28(38)25-26(16(3)24-23(17(4)35)27(37)34(24)25)43-20-10-18(33(12-20)29(39)41-8-6-2)9-19-11-32-15-31(13-21(30)36)14-22(32)42-19/h5-6,11,14-18,20,23-24,35H,1-2,7-10,12-13H2,3-4H3,(H-,30,36)/p+1/t16-,17-,18-,20+,23-,24-/m1/s1. The zero-order valence-corrected chi connectivity index (χ0v) is 25.7. The third-order valence-electron chi connectivity index (χ3n) is 7.96. The first-order valence-corrected chi connectivity index (χ1v) is 15.8. The van der Waals surface area contributed by atoms with Gasteiger partial charge in [0.2, 0.25) is 17.1 Å². The highest BCUT2D eigenvalue weighted by Crippen LogP contribution is 2.52. The normalized spacial score (nSPS) is 25.5. The molecule has 12 nitrogen and oxygen atoms in total. The predicted molar refractivity (Wildman–Crippen MR) is 160 cm³/mol. The van der Waals surface area contributed by atoms with E-state index < -0.39 is 30.0 Å². The van der Waals surface area contributed by atoms with Gasteiger partial charge in [-0.25, -0.2) is 14.2 Å². The number of carbonyl (C=O) groups is 4. The van der Waals surface area contributed by atoms with E-state index in [9.17, 15) is 24.3 Å². The molecule has 0 aliphatic carbocycles. The van der Waals surface area contributed by atoms with Gasteiger partial charge < -0.3 is 30.1 Å². The fraction of sp³-hybridized carbons (Fsp3) is 0.483. The van der Waals surface area contributed by atoms with Crippen molar-refractivity contribution in [2.24, 2.45) is 17.6 Å². The molecule has 230 valence electrons. The third kappa shape index (κ3) is 5.95. The Hall–Kier alpha value is -3.62. The van der Waals surface area contributed by atoms with Crippen LogP contribution in [0.4, 0.5) is 4.79 Å². The zero-order chi connectivity index (χ0) is 31.0. The van der Waals surface area contributed by atoms with Crippen molar-refractivity contribution >= 4 is 51.8 Å². The third-order valence-corrected chi connectivity index (χ3v) is 10.5. The Morgan fingerprint density at radius 2 is 2.00 bits per heavy atom. The molecule has 0 unspecified atom stereocenters. The molecule has 2 saturated heterocycles. The first kappa shape index (κ1) is 30.8. The van der Waals surface area contributed by atoms with Gasteiger partial charge in [0.05, 0.1) is 22.9 Å². The molecule has 3 aliphatic heterocycles. The molecule has 3 amide bonds. The van der Waals surface area contributed by atoms with Gasteiger partial charge in [-0.1, -0.05) is 43.6 Å². The van der Waals surface area contributed by atoms with Crippen LogP contribution in [0.5, 0.6) is 0 Å². The number of thiazole rings is 1. The fourth-order valence-corrected chi connectivity index (χ4v) is 8.85. The minimum atomic E-state index is -0.848. The molecule has 6 atom stereocenters. The zero-order valence-electron chi connectivity index (χ0n) is 24.1. The van der Waals surface area contributed by atoms with Gasteiger partial charge in [-0.15, -0.1) is 11.8 Å². The number of fused-ring (bicyclic) bond motifs is 2. The van der Waals surface area contributed by atoms with E-state index in [1.807, 2.05) is 23.7 Å². The molecule has 14 heteroatoms. The second-order valence-corrected chi connectivity index (χ2v) is 13.5. The summed E-state index contributed by atoms with van der Waals surface area (Å²) >= 11 is 3.05. The Balaban J connectivity index is 1.38. The number of ether oxygens (including phenoxy) is 2. The van der Waals surface area contributed by atoms with E-state index in [2.05, 4.69) is 13.2 Å². The molecule has 5 heterocycles. The van der Waals surface area contributed by atoms with Crippen LogP contribution in [0.25, 0.3) is 4.83 Å². The van der Waals surface area contributed by atoms with Crippen molar-refractivity contribution in [2.45, 2.75) is 56.7 Å². The van der Waals surface area contributed by atoms with Crippen LogP contribution in [-0.2, 0) is 36.8 Å². The monoisotopic (exact) mass is 630 g/mol. The highest BCUT2D eigenvalue weighted by atomic mass is 32.2. The van der Waals surface area contributed by atoms with Crippen LogP contribution in [0, 0.1) is 11.8 Å². The van der Waals surface area contributed by atoms with E-state index in [0.717, 1.165) is 14.6 Å². The number of likely N-dealkylation sites (tertiary alicyclic amines) is 1. The number of β-lactam (4-membered cyclic amide) rings is 1. The van der Waals surface area contributed by atoms with Crippen LogP contribution in [0.2, 0.25) is 0 Å². The van der Waals surface area contributed by atoms with Crippen LogP contribution in [0.3, 0.4) is 0 Å². The van der Waals surface area contributed by atoms with E-state index in [-0.39, 0.29) is 54.6 Å². The molecule has 2 aromatic rings. The van der Waals surface area contributed by atoms with Crippen molar-refractivity contribution in [1.29, 1.82) is 0 Å². The summed E-state index contributed by atoms with van der Waals surface area (Å²) in [6, 6.07) is -0.507. The second kappa shape index (κ2) is 12.5. The molecule has 0 aromatic carbocycles. The number of aliphatic hydroxyl groups is 1. The molecular weight excluding hydrogens is 594 g/mol. The van der Waals surface area contributed by atoms with Gasteiger partial charge in [-0.3, -0.25) is 9.59 Å². The first-order chi connectivity index (χ1) is 20.5. The van der Waals surface area contributed by atoms with Crippen molar-refractivity contribution in [1.82, 2.24) is 14.2 Å². The molecule has 0 radical (unpaired) electrons. The number of imidazole rings is 1. The van der Waals surface area contributed by atoms with Gasteiger partial charge in [-0.2, -0.15) is 4.40 Å². The van der Waals surface area contributed by atoms with Crippen LogP contribution in [0.1, 0.15) is 25.1 Å². The number of nitrogens with two attached hydrogens (primary N) is 1. The summed E-state index contributed by atoms with van der Waals surface area (Å²) in [5.74, 6) is -2.11. The van der Waals surface area contributed by atoms with Crippen LogP contribution in [0.15, 0.2) is 54.6 Å². The fourth-order valence-electron chi connectivity index (χ4n) is 6.18. The number of hydrogen-bond acceptors (Lipinski definition) is 9. The summed E-state index contributed by atoms with van der Waals surface area (Å²) in [5, 5.41) is 10.2. The van der Waals surface area contributed by atoms with Crippen molar-refractivity contribution in [3.05, 3.63) is 59.5 Å².